The number of ether oxygens (including phenoxy) is 1. The van der Waals surface area contributed by atoms with Crippen LogP contribution in [0.3, 0.4) is 0 Å². The summed E-state index contributed by atoms with van der Waals surface area (Å²) in [7, 11) is 1.66. The number of nitrogens with zero attached hydrogens (tertiary/aromatic N) is 2. The third-order valence-corrected chi connectivity index (χ3v) is 3.24. The van der Waals surface area contributed by atoms with Crippen molar-refractivity contribution in [2.75, 3.05) is 7.11 Å². The lowest BCUT2D eigenvalue weighted by atomic mass is 10.1. The maximum atomic E-state index is 6.07. The molecule has 0 bridgehead atoms. The number of hydrogen-bond acceptors (Lipinski definition) is 3. The molecular formula is C14H15ClN2O. The second-order valence-corrected chi connectivity index (χ2v) is 4.53. The molecule has 2 rings (SSSR count). The maximum Gasteiger partial charge on any atom is 0.135 e. The average Bonchev–Trinajstić information content (AvgIpc) is 2.36. The van der Waals surface area contributed by atoms with Crippen LogP contribution in [0, 0.1) is 13.8 Å². The third-order valence-electron chi connectivity index (χ3n) is 2.87. The van der Waals surface area contributed by atoms with E-state index in [0.717, 1.165) is 28.4 Å². The van der Waals surface area contributed by atoms with Crippen molar-refractivity contribution in [1.82, 2.24) is 9.97 Å². The predicted molar refractivity (Wildman–Crippen MR) is 72.3 cm³/mol. The summed E-state index contributed by atoms with van der Waals surface area (Å²) in [5.41, 5.74) is 2.97. The van der Waals surface area contributed by atoms with Gasteiger partial charge < -0.3 is 4.74 Å². The van der Waals surface area contributed by atoms with Crippen molar-refractivity contribution in [2.45, 2.75) is 20.3 Å². The Morgan fingerprint density at radius 3 is 2.67 bits per heavy atom. The van der Waals surface area contributed by atoms with Crippen molar-refractivity contribution in [2.24, 2.45) is 0 Å². The number of methoxy groups -OCH3 is 1. The van der Waals surface area contributed by atoms with Crippen molar-refractivity contribution < 1.29 is 4.74 Å². The van der Waals surface area contributed by atoms with Crippen LogP contribution in [0.4, 0.5) is 0 Å². The van der Waals surface area contributed by atoms with Crippen LogP contribution in [0.1, 0.15) is 22.6 Å². The van der Waals surface area contributed by atoms with E-state index < -0.39 is 0 Å². The van der Waals surface area contributed by atoms with Gasteiger partial charge in [-0.25, -0.2) is 9.97 Å². The fraction of sp³-hybridized carbons (Fsp3) is 0.286. The van der Waals surface area contributed by atoms with Crippen molar-refractivity contribution >= 4 is 11.6 Å². The van der Waals surface area contributed by atoms with Crippen molar-refractivity contribution in [3.63, 3.8) is 0 Å². The summed E-state index contributed by atoms with van der Waals surface area (Å²) >= 11 is 6.07. The van der Waals surface area contributed by atoms with E-state index in [1.165, 1.54) is 0 Å². The zero-order valence-corrected chi connectivity index (χ0v) is 11.5. The molecule has 0 saturated heterocycles. The molecule has 1 heterocycles. The average molecular weight is 263 g/mol. The van der Waals surface area contributed by atoms with Crippen LogP contribution in [0.25, 0.3) is 0 Å². The van der Waals surface area contributed by atoms with Gasteiger partial charge in [0.2, 0.25) is 0 Å². The topological polar surface area (TPSA) is 35.0 Å². The highest BCUT2D eigenvalue weighted by atomic mass is 35.5. The number of hydrogen-bond donors (Lipinski definition) is 0. The monoisotopic (exact) mass is 262 g/mol. The minimum Gasteiger partial charge on any atom is -0.497 e. The van der Waals surface area contributed by atoms with Crippen molar-refractivity contribution in [3.05, 3.63) is 52.1 Å². The SMILES string of the molecule is COc1cccc(Cc2nc(C)c(C)c(Cl)n2)c1. The van der Waals surface area contributed by atoms with Gasteiger partial charge in [-0.1, -0.05) is 23.7 Å². The van der Waals surface area contributed by atoms with Crippen LogP contribution in [0.2, 0.25) is 5.15 Å². The quantitative estimate of drug-likeness (QED) is 0.796. The number of aryl methyl sites for hydroxylation is 1. The maximum absolute atomic E-state index is 6.07. The zero-order valence-electron chi connectivity index (χ0n) is 10.7. The number of rotatable bonds is 3. The first kappa shape index (κ1) is 12.8. The van der Waals surface area contributed by atoms with E-state index in [1.54, 1.807) is 7.11 Å². The molecule has 3 nitrogen and oxygen atoms in total. The molecule has 2 aromatic rings. The summed E-state index contributed by atoms with van der Waals surface area (Å²) in [6.07, 6.45) is 0.651. The van der Waals surface area contributed by atoms with E-state index in [9.17, 15) is 0 Å². The molecule has 0 aliphatic carbocycles. The minimum absolute atomic E-state index is 0.528. The van der Waals surface area contributed by atoms with E-state index >= 15 is 0 Å². The van der Waals surface area contributed by atoms with Crippen molar-refractivity contribution in [1.29, 1.82) is 0 Å². The Labute approximate surface area is 112 Å². The molecule has 0 aliphatic heterocycles. The van der Waals surface area contributed by atoms with Crippen LogP contribution >= 0.6 is 11.6 Å². The number of aromatic nitrogens is 2. The highest BCUT2D eigenvalue weighted by Gasteiger charge is 2.07. The van der Waals surface area contributed by atoms with E-state index in [1.807, 2.05) is 38.1 Å². The molecule has 1 aromatic heterocycles. The first-order valence-electron chi connectivity index (χ1n) is 5.72. The van der Waals surface area contributed by atoms with Gasteiger partial charge in [0.25, 0.3) is 0 Å². The zero-order chi connectivity index (χ0) is 13.1. The van der Waals surface area contributed by atoms with Gasteiger partial charge in [-0.2, -0.15) is 0 Å². The summed E-state index contributed by atoms with van der Waals surface area (Å²) in [5.74, 6) is 1.57. The van der Waals surface area contributed by atoms with Crippen LogP contribution in [-0.2, 0) is 6.42 Å². The normalized spacial score (nSPS) is 10.4. The van der Waals surface area contributed by atoms with Gasteiger partial charge in [-0.3, -0.25) is 0 Å². The van der Waals surface area contributed by atoms with Gasteiger partial charge in [0.15, 0.2) is 0 Å². The number of halogens is 1. The first-order valence-corrected chi connectivity index (χ1v) is 6.10. The molecule has 0 spiro atoms. The molecule has 0 atom stereocenters. The molecule has 18 heavy (non-hydrogen) atoms. The molecule has 0 radical (unpaired) electrons. The van der Waals surface area contributed by atoms with E-state index in [2.05, 4.69) is 9.97 Å². The lowest BCUT2D eigenvalue weighted by Gasteiger charge is -2.07. The molecule has 0 N–H and O–H groups in total. The molecule has 0 unspecified atom stereocenters. The smallest absolute Gasteiger partial charge is 0.135 e. The molecule has 94 valence electrons. The lowest BCUT2D eigenvalue weighted by Crippen LogP contribution is -2.01. The fourth-order valence-corrected chi connectivity index (χ4v) is 1.93. The van der Waals surface area contributed by atoms with Crippen LogP contribution < -0.4 is 4.74 Å². The summed E-state index contributed by atoms with van der Waals surface area (Å²) in [5, 5.41) is 0.528. The largest absolute Gasteiger partial charge is 0.497 e. The summed E-state index contributed by atoms with van der Waals surface area (Å²) in [6.45, 7) is 3.87. The van der Waals surface area contributed by atoms with Crippen LogP contribution in [0.5, 0.6) is 5.75 Å². The van der Waals surface area contributed by atoms with E-state index in [4.69, 9.17) is 16.3 Å². The number of benzene rings is 1. The van der Waals surface area contributed by atoms with Crippen LogP contribution in [-0.4, -0.2) is 17.1 Å². The molecule has 0 aliphatic rings. The Balaban J connectivity index is 2.28. The summed E-state index contributed by atoms with van der Waals surface area (Å²) < 4.78 is 5.19. The standard InChI is InChI=1S/C14H15ClN2O/c1-9-10(2)16-13(17-14(9)15)8-11-5-4-6-12(7-11)18-3/h4-7H,8H2,1-3H3. The Bertz CT molecular complexity index is 546. The van der Waals surface area contributed by atoms with Gasteiger partial charge in [0.05, 0.1) is 7.11 Å². The summed E-state index contributed by atoms with van der Waals surface area (Å²) in [6, 6.07) is 7.87. The molecule has 0 fully saturated rings. The molecule has 0 amide bonds. The molecule has 1 aromatic carbocycles. The third kappa shape index (κ3) is 2.79. The Morgan fingerprint density at radius 2 is 2.00 bits per heavy atom. The van der Waals surface area contributed by atoms with Gasteiger partial charge in [0, 0.05) is 17.7 Å². The van der Waals surface area contributed by atoms with Gasteiger partial charge in [0.1, 0.15) is 16.7 Å². The molecule has 0 saturated carbocycles. The summed E-state index contributed by atoms with van der Waals surface area (Å²) in [4.78, 5) is 8.75. The van der Waals surface area contributed by atoms with E-state index in [0.29, 0.717) is 11.6 Å². The van der Waals surface area contributed by atoms with Crippen LogP contribution in [0.15, 0.2) is 24.3 Å². The van der Waals surface area contributed by atoms with Gasteiger partial charge in [-0.05, 0) is 31.5 Å². The van der Waals surface area contributed by atoms with Crippen molar-refractivity contribution in [3.8, 4) is 5.75 Å². The first-order chi connectivity index (χ1) is 8.60. The Morgan fingerprint density at radius 1 is 1.22 bits per heavy atom. The lowest BCUT2D eigenvalue weighted by molar-refractivity contribution is 0.414. The van der Waals surface area contributed by atoms with E-state index in [-0.39, 0.29) is 0 Å². The fourth-order valence-electron chi connectivity index (χ4n) is 1.69. The Kier molecular flexibility index (Phi) is 3.82. The molecular weight excluding hydrogens is 248 g/mol. The highest BCUT2D eigenvalue weighted by molar-refractivity contribution is 6.30. The minimum atomic E-state index is 0.528. The molecule has 4 heteroatoms. The second-order valence-electron chi connectivity index (χ2n) is 4.17. The Hall–Kier alpha value is -1.61. The van der Waals surface area contributed by atoms with Gasteiger partial charge in [-0.15, -0.1) is 0 Å². The predicted octanol–water partition coefficient (Wildman–Crippen LogP) is 3.35. The highest BCUT2D eigenvalue weighted by Crippen LogP contribution is 2.18. The van der Waals surface area contributed by atoms with Gasteiger partial charge >= 0.3 is 0 Å². The second kappa shape index (κ2) is 5.36.